The van der Waals surface area contributed by atoms with Crippen LogP contribution < -0.4 is 11.1 Å². The Labute approximate surface area is 175 Å². The molecule has 0 saturated carbocycles. The standard InChI is InChI=1S/C18H29N3O3S.2ClH/c1-3-18(4-2,14-19)20-17(22)16-7-5-6-15(12-16)13-21-8-10-25(23,24)11-9-21;;/h5-7,12H,3-4,8-11,13-14,19H2,1-2H3,(H,20,22);2*1H. The molecule has 0 radical (unpaired) electrons. The number of amides is 1. The highest BCUT2D eigenvalue weighted by atomic mass is 35.5. The molecule has 0 bridgehead atoms. The van der Waals surface area contributed by atoms with E-state index in [1.807, 2.05) is 32.0 Å². The highest BCUT2D eigenvalue weighted by Crippen LogP contribution is 2.16. The van der Waals surface area contributed by atoms with Crippen molar-refractivity contribution in [3.63, 3.8) is 0 Å². The Balaban J connectivity index is 0.00000338. The van der Waals surface area contributed by atoms with Crippen LogP contribution >= 0.6 is 24.8 Å². The van der Waals surface area contributed by atoms with E-state index in [-0.39, 0.29) is 47.8 Å². The third kappa shape index (κ3) is 7.23. The summed E-state index contributed by atoms with van der Waals surface area (Å²) in [7, 11) is -2.88. The minimum absolute atomic E-state index is 0. The lowest BCUT2D eigenvalue weighted by molar-refractivity contribution is 0.0895. The Kier molecular flexibility index (Phi) is 10.9. The first-order chi connectivity index (χ1) is 11.8. The average molecular weight is 440 g/mol. The molecule has 3 N–H and O–H groups in total. The number of carbonyl (C=O) groups excluding carboxylic acids is 1. The van der Waals surface area contributed by atoms with Gasteiger partial charge in [-0.3, -0.25) is 9.69 Å². The maximum Gasteiger partial charge on any atom is 0.251 e. The van der Waals surface area contributed by atoms with E-state index >= 15 is 0 Å². The maximum atomic E-state index is 12.6. The Morgan fingerprint density at radius 1 is 1.19 bits per heavy atom. The number of rotatable bonds is 7. The largest absolute Gasteiger partial charge is 0.345 e. The molecule has 1 amide bonds. The molecule has 1 saturated heterocycles. The topological polar surface area (TPSA) is 92.5 Å². The van der Waals surface area contributed by atoms with Crippen molar-refractivity contribution in [2.24, 2.45) is 5.73 Å². The Hall–Kier alpha value is -0.860. The van der Waals surface area contributed by atoms with Crippen LogP contribution in [-0.2, 0) is 16.4 Å². The molecule has 1 fully saturated rings. The van der Waals surface area contributed by atoms with Gasteiger partial charge < -0.3 is 11.1 Å². The molecule has 27 heavy (non-hydrogen) atoms. The number of sulfone groups is 1. The maximum absolute atomic E-state index is 12.6. The number of nitrogens with one attached hydrogen (secondary N) is 1. The molecule has 1 aliphatic rings. The Morgan fingerprint density at radius 2 is 1.78 bits per heavy atom. The van der Waals surface area contributed by atoms with E-state index < -0.39 is 9.84 Å². The third-order valence-corrected chi connectivity index (χ3v) is 6.76. The van der Waals surface area contributed by atoms with Crippen LogP contribution in [0.25, 0.3) is 0 Å². The zero-order valence-corrected chi connectivity index (χ0v) is 18.4. The molecule has 0 aliphatic carbocycles. The normalized spacial score (nSPS) is 16.7. The van der Waals surface area contributed by atoms with E-state index in [9.17, 15) is 13.2 Å². The van der Waals surface area contributed by atoms with E-state index in [1.54, 1.807) is 6.07 Å². The van der Waals surface area contributed by atoms with Crippen molar-refractivity contribution in [1.82, 2.24) is 10.2 Å². The number of hydrogen-bond donors (Lipinski definition) is 2. The zero-order chi connectivity index (χ0) is 18.5. The van der Waals surface area contributed by atoms with E-state index in [1.165, 1.54) is 0 Å². The molecule has 1 aromatic rings. The van der Waals surface area contributed by atoms with Gasteiger partial charge >= 0.3 is 0 Å². The molecule has 0 spiro atoms. The molecular formula is C18H31Cl2N3O3S. The lowest BCUT2D eigenvalue weighted by Crippen LogP contribution is -2.52. The van der Waals surface area contributed by atoms with Crippen LogP contribution in [0, 0.1) is 0 Å². The van der Waals surface area contributed by atoms with E-state index in [4.69, 9.17) is 5.73 Å². The molecule has 156 valence electrons. The van der Waals surface area contributed by atoms with Crippen LogP contribution in [0.3, 0.4) is 0 Å². The fourth-order valence-corrected chi connectivity index (χ4v) is 4.33. The van der Waals surface area contributed by atoms with Gasteiger partial charge in [-0.1, -0.05) is 26.0 Å². The lowest BCUT2D eigenvalue weighted by atomic mass is 9.92. The Bertz CT molecular complexity index is 687. The average Bonchev–Trinajstić information content (AvgIpc) is 2.62. The van der Waals surface area contributed by atoms with Gasteiger partial charge in [-0.15, -0.1) is 24.8 Å². The van der Waals surface area contributed by atoms with Crippen LogP contribution in [-0.4, -0.2) is 55.9 Å². The summed E-state index contributed by atoms with van der Waals surface area (Å²) >= 11 is 0. The highest BCUT2D eigenvalue weighted by Gasteiger charge is 2.27. The summed E-state index contributed by atoms with van der Waals surface area (Å²) in [6.07, 6.45) is 1.57. The van der Waals surface area contributed by atoms with Gasteiger partial charge in [0, 0.05) is 31.7 Å². The minimum atomic E-state index is -2.88. The molecule has 0 atom stereocenters. The van der Waals surface area contributed by atoms with E-state index in [2.05, 4.69) is 10.2 Å². The molecule has 1 heterocycles. The molecule has 0 unspecified atom stereocenters. The SMILES string of the molecule is CCC(CC)(CN)NC(=O)c1cccc(CN2CCS(=O)(=O)CC2)c1.Cl.Cl. The first kappa shape index (κ1) is 26.1. The van der Waals surface area contributed by atoms with Crippen molar-refractivity contribution in [3.8, 4) is 0 Å². The summed E-state index contributed by atoms with van der Waals surface area (Å²) < 4.78 is 23.0. The summed E-state index contributed by atoms with van der Waals surface area (Å²) in [5.41, 5.74) is 7.12. The van der Waals surface area contributed by atoms with Crippen molar-refractivity contribution >= 4 is 40.6 Å². The summed E-state index contributed by atoms with van der Waals surface area (Å²) in [4.78, 5) is 14.7. The number of halogens is 2. The summed E-state index contributed by atoms with van der Waals surface area (Å²) in [6, 6.07) is 7.51. The number of benzene rings is 1. The summed E-state index contributed by atoms with van der Waals surface area (Å²) in [5, 5.41) is 3.08. The number of carbonyl (C=O) groups is 1. The van der Waals surface area contributed by atoms with Gasteiger partial charge in [-0.25, -0.2) is 8.42 Å². The summed E-state index contributed by atoms with van der Waals surface area (Å²) in [6.45, 7) is 6.20. The van der Waals surface area contributed by atoms with Crippen LogP contribution in [0.15, 0.2) is 24.3 Å². The fourth-order valence-electron chi connectivity index (χ4n) is 3.06. The van der Waals surface area contributed by atoms with Gasteiger partial charge in [-0.2, -0.15) is 0 Å². The lowest BCUT2D eigenvalue weighted by Gasteiger charge is -2.31. The van der Waals surface area contributed by atoms with E-state index in [0.29, 0.717) is 31.7 Å². The van der Waals surface area contributed by atoms with Gasteiger partial charge in [-0.05, 0) is 30.5 Å². The van der Waals surface area contributed by atoms with Crippen molar-refractivity contribution in [2.45, 2.75) is 38.8 Å². The van der Waals surface area contributed by atoms with Gasteiger partial charge in [0.2, 0.25) is 0 Å². The monoisotopic (exact) mass is 439 g/mol. The third-order valence-electron chi connectivity index (χ3n) is 5.16. The van der Waals surface area contributed by atoms with E-state index in [0.717, 1.165) is 18.4 Å². The fraction of sp³-hybridized carbons (Fsp3) is 0.611. The first-order valence-corrected chi connectivity index (χ1v) is 10.7. The van der Waals surface area contributed by atoms with Crippen LogP contribution in [0.1, 0.15) is 42.6 Å². The van der Waals surface area contributed by atoms with Gasteiger partial charge in [0.05, 0.1) is 17.0 Å². The van der Waals surface area contributed by atoms with Gasteiger partial charge in [0.25, 0.3) is 5.91 Å². The van der Waals surface area contributed by atoms with Crippen LogP contribution in [0.2, 0.25) is 0 Å². The smallest absolute Gasteiger partial charge is 0.251 e. The Morgan fingerprint density at radius 3 is 2.30 bits per heavy atom. The highest BCUT2D eigenvalue weighted by molar-refractivity contribution is 7.91. The molecule has 1 aliphatic heterocycles. The van der Waals surface area contributed by atoms with Crippen LogP contribution in [0.5, 0.6) is 0 Å². The van der Waals surface area contributed by atoms with Gasteiger partial charge in [0.1, 0.15) is 0 Å². The first-order valence-electron chi connectivity index (χ1n) is 8.87. The van der Waals surface area contributed by atoms with Crippen molar-refractivity contribution in [2.75, 3.05) is 31.1 Å². The second-order valence-electron chi connectivity index (χ2n) is 6.77. The second-order valence-corrected chi connectivity index (χ2v) is 9.08. The quantitative estimate of drug-likeness (QED) is 0.677. The predicted octanol–water partition coefficient (Wildman–Crippen LogP) is 2.01. The van der Waals surface area contributed by atoms with Gasteiger partial charge in [0.15, 0.2) is 9.84 Å². The zero-order valence-electron chi connectivity index (χ0n) is 15.9. The van der Waals surface area contributed by atoms with Crippen molar-refractivity contribution in [3.05, 3.63) is 35.4 Å². The number of hydrogen-bond acceptors (Lipinski definition) is 5. The molecule has 0 aromatic heterocycles. The minimum Gasteiger partial charge on any atom is -0.345 e. The number of nitrogens with two attached hydrogens (primary N) is 1. The van der Waals surface area contributed by atoms with Crippen molar-refractivity contribution < 1.29 is 13.2 Å². The molecule has 2 rings (SSSR count). The number of nitrogens with zero attached hydrogens (tertiary/aromatic N) is 1. The predicted molar refractivity (Wildman–Crippen MR) is 115 cm³/mol. The molecule has 6 nitrogen and oxygen atoms in total. The van der Waals surface area contributed by atoms with Crippen LogP contribution in [0.4, 0.5) is 0 Å². The van der Waals surface area contributed by atoms with Crippen molar-refractivity contribution in [1.29, 1.82) is 0 Å². The molecule has 1 aromatic carbocycles. The molecular weight excluding hydrogens is 409 g/mol. The second kappa shape index (κ2) is 11.2. The summed E-state index contributed by atoms with van der Waals surface area (Å²) in [5.74, 6) is 0.301. The molecule has 9 heteroatoms.